The Morgan fingerprint density at radius 1 is 1.29 bits per heavy atom. The van der Waals surface area contributed by atoms with E-state index < -0.39 is 10.0 Å². The molecular weight excluding hydrogens is 292 g/mol. The van der Waals surface area contributed by atoms with Gasteiger partial charge in [-0.25, -0.2) is 13.4 Å². The van der Waals surface area contributed by atoms with Gasteiger partial charge in [-0.05, 0) is 32.9 Å². The van der Waals surface area contributed by atoms with Crippen molar-refractivity contribution < 1.29 is 13.5 Å². The van der Waals surface area contributed by atoms with Gasteiger partial charge in [0, 0.05) is 5.69 Å². The lowest BCUT2D eigenvalue weighted by atomic mass is 10.4. The zero-order valence-corrected chi connectivity index (χ0v) is 13.0. The number of hydrogen-bond acceptors (Lipinski definition) is 5. The number of aryl methyl sites for hydroxylation is 2. The van der Waals surface area contributed by atoms with Crippen LogP contribution >= 0.6 is 0 Å². The van der Waals surface area contributed by atoms with Crippen LogP contribution in [-0.2, 0) is 16.6 Å². The Kier molecular flexibility index (Phi) is 4.29. The number of nitrogens with zero attached hydrogens (tertiary/aromatic N) is 3. The second-order valence-electron chi connectivity index (χ2n) is 4.72. The van der Waals surface area contributed by atoms with Crippen molar-refractivity contribution in [3.63, 3.8) is 0 Å². The van der Waals surface area contributed by atoms with Crippen molar-refractivity contribution in [1.82, 2.24) is 14.8 Å². The molecule has 0 spiro atoms. The van der Waals surface area contributed by atoms with Crippen LogP contribution in [0.25, 0.3) is 0 Å². The number of nitrogens with one attached hydrogen (secondary N) is 1. The van der Waals surface area contributed by atoms with Gasteiger partial charge in [-0.15, -0.1) is 0 Å². The molecule has 7 nitrogen and oxygen atoms in total. The van der Waals surface area contributed by atoms with Crippen LogP contribution in [0.1, 0.15) is 17.1 Å². The van der Waals surface area contributed by atoms with Crippen LogP contribution in [0.4, 0.5) is 5.82 Å². The minimum absolute atomic E-state index is 0.103. The molecule has 0 saturated heterocycles. The third-order valence-electron chi connectivity index (χ3n) is 3.02. The molecule has 0 atom stereocenters. The maximum absolute atomic E-state index is 12.5. The number of pyridine rings is 1. The molecule has 2 N–H and O–H groups in total. The summed E-state index contributed by atoms with van der Waals surface area (Å²) in [6.45, 7) is 5.22. The molecule has 0 saturated carbocycles. The lowest BCUT2D eigenvalue weighted by Gasteiger charge is -2.08. The van der Waals surface area contributed by atoms with Crippen LogP contribution in [-0.4, -0.2) is 34.9 Å². The summed E-state index contributed by atoms with van der Waals surface area (Å²) in [5, 5.41) is 13.1. The molecule has 21 heavy (non-hydrogen) atoms. The van der Waals surface area contributed by atoms with Gasteiger partial charge in [-0.2, -0.15) is 5.10 Å². The fourth-order valence-corrected chi connectivity index (χ4v) is 3.59. The first-order valence-electron chi connectivity index (χ1n) is 6.46. The number of aromatic nitrogens is 3. The maximum atomic E-state index is 12.5. The summed E-state index contributed by atoms with van der Waals surface area (Å²) < 4.78 is 28.9. The third-order valence-corrected chi connectivity index (χ3v) is 4.63. The Labute approximate surface area is 123 Å². The summed E-state index contributed by atoms with van der Waals surface area (Å²) in [5.41, 5.74) is 1.60. The van der Waals surface area contributed by atoms with Crippen molar-refractivity contribution in [3.8, 4) is 0 Å². The Morgan fingerprint density at radius 3 is 2.62 bits per heavy atom. The predicted octanol–water partition coefficient (Wildman–Crippen LogP) is 0.996. The summed E-state index contributed by atoms with van der Waals surface area (Å²) in [6.07, 6.45) is 0. The van der Waals surface area contributed by atoms with Gasteiger partial charge >= 0.3 is 0 Å². The summed E-state index contributed by atoms with van der Waals surface area (Å²) in [4.78, 5) is 4.25. The largest absolute Gasteiger partial charge is 0.394 e. The number of anilines is 1. The molecule has 0 fully saturated rings. The number of sulfonamides is 1. The van der Waals surface area contributed by atoms with Gasteiger partial charge in [0.15, 0.2) is 0 Å². The number of aliphatic hydroxyl groups is 1. The van der Waals surface area contributed by atoms with Crippen LogP contribution in [0, 0.1) is 20.8 Å². The Bertz CT molecular complexity index is 753. The minimum Gasteiger partial charge on any atom is -0.394 e. The van der Waals surface area contributed by atoms with Crippen molar-refractivity contribution in [1.29, 1.82) is 0 Å². The van der Waals surface area contributed by atoms with Crippen molar-refractivity contribution >= 4 is 15.8 Å². The van der Waals surface area contributed by atoms with E-state index in [2.05, 4.69) is 14.8 Å². The molecule has 0 aromatic carbocycles. The Hall–Kier alpha value is -1.93. The highest BCUT2D eigenvalue weighted by Gasteiger charge is 2.24. The maximum Gasteiger partial charge on any atom is 0.266 e. The van der Waals surface area contributed by atoms with Crippen LogP contribution in [0.2, 0.25) is 0 Å². The molecule has 8 heteroatoms. The molecule has 2 heterocycles. The highest BCUT2D eigenvalue weighted by Crippen LogP contribution is 2.22. The minimum atomic E-state index is -3.77. The van der Waals surface area contributed by atoms with E-state index >= 15 is 0 Å². The second-order valence-corrected chi connectivity index (χ2v) is 6.34. The average molecular weight is 310 g/mol. The van der Waals surface area contributed by atoms with E-state index in [9.17, 15) is 8.42 Å². The zero-order valence-electron chi connectivity index (χ0n) is 12.2. The quantitative estimate of drug-likeness (QED) is 0.858. The fraction of sp³-hybridized carbons (Fsp3) is 0.385. The van der Waals surface area contributed by atoms with Gasteiger partial charge in [0.2, 0.25) is 0 Å². The van der Waals surface area contributed by atoms with E-state index in [4.69, 9.17) is 5.11 Å². The summed E-state index contributed by atoms with van der Waals surface area (Å²) >= 11 is 0. The highest BCUT2D eigenvalue weighted by molar-refractivity contribution is 7.92. The Morgan fingerprint density at radius 2 is 2.00 bits per heavy atom. The van der Waals surface area contributed by atoms with Crippen LogP contribution in [0.3, 0.4) is 0 Å². The fourth-order valence-electron chi connectivity index (χ4n) is 2.17. The first-order chi connectivity index (χ1) is 9.85. The zero-order chi connectivity index (χ0) is 15.6. The molecule has 2 aromatic rings. The average Bonchev–Trinajstić information content (AvgIpc) is 2.64. The summed E-state index contributed by atoms with van der Waals surface area (Å²) in [5.74, 6) is 0.267. The van der Waals surface area contributed by atoms with E-state index in [1.54, 1.807) is 39.0 Å². The molecule has 2 aromatic heterocycles. The van der Waals surface area contributed by atoms with Crippen molar-refractivity contribution in [3.05, 3.63) is 35.3 Å². The van der Waals surface area contributed by atoms with Crippen LogP contribution in [0.15, 0.2) is 23.1 Å². The predicted molar refractivity (Wildman–Crippen MR) is 78.6 cm³/mol. The summed E-state index contributed by atoms with van der Waals surface area (Å²) in [7, 11) is -3.77. The van der Waals surface area contributed by atoms with Gasteiger partial charge in [-0.3, -0.25) is 9.40 Å². The highest BCUT2D eigenvalue weighted by atomic mass is 32.2. The molecule has 0 amide bonds. The van der Waals surface area contributed by atoms with E-state index in [0.717, 1.165) is 5.69 Å². The molecule has 114 valence electrons. The number of aliphatic hydroxyl groups excluding tert-OH is 1. The monoisotopic (exact) mass is 310 g/mol. The molecule has 0 unspecified atom stereocenters. The lowest BCUT2D eigenvalue weighted by molar-refractivity contribution is 0.267. The first-order valence-corrected chi connectivity index (χ1v) is 7.95. The van der Waals surface area contributed by atoms with Crippen molar-refractivity contribution in [2.24, 2.45) is 0 Å². The van der Waals surface area contributed by atoms with E-state index in [1.165, 1.54) is 4.68 Å². The molecule has 0 aliphatic carbocycles. The molecule has 0 bridgehead atoms. The smallest absolute Gasteiger partial charge is 0.266 e. The normalized spacial score (nSPS) is 11.6. The molecule has 0 aliphatic rings. The van der Waals surface area contributed by atoms with Gasteiger partial charge in [-0.1, -0.05) is 6.07 Å². The molecule has 0 aliphatic heterocycles. The molecule has 2 rings (SSSR count). The topological polar surface area (TPSA) is 97.1 Å². The van der Waals surface area contributed by atoms with Gasteiger partial charge in [0.05, 0.1) is 24.5 Å². The van der Waals surface area contributed by atoms with E-state index in [-0.39, 0.29) is 23.9 Å². The first kappa shape index (κ1) is 15.5. The van der Waals surface area contributed by atoms with Gasteiger partial charge < -0.3 is 5.11 Å². The molecule has 0 radical (unpaired) electrons. The second kappa shape index (κ2) is 5.82. The lowest BCUT2D eigenvalue weighted by Crippen LogP contribution is -2.16. The van der Waals surface area contributed by atoms with Gasteiger partial charge in [0.1, 0.15) is 10.7 Å². The number of rotatable bonds is 5. The van der Waals surface area contributed by atoms with E-state index in [1.807, 2.05) is 0 Å². The van der Waals surface area contributed by atoms with Gasteiger partial charge in [0.25, 0.3) is 10.0 Å². The summed E-state index contributed by atoms with van der Waals surface area (Å²) in [6, 6.07) is 5.11. The molecular formula is C13H18N4O3S. The Balaban J connectivity index is 2.40. The van der Waals surface area contributed by atoms with Crippen LogP contribution in [0.5, 0.6) is 0 Å². The van der Waals surface area contributed by atoms with Crippen molar-refractivity contribution in [2.75, 3.05) is 11.3 Å². The SMILES string of the molecule is Cc1cccc(NS(=O)(=O)c2c(C)nn(CCO)c2C)n1. The van der Waals surface area contributed by atoms with E-state index in [0.29, 0.717) is 11.4 Å². The van der Waals surface area contributed by atoms with Crippen molar-refractivity contribution in [2.45, 2.75) is 32.2 Å². The number of hydrogen-bond donors (Lipinski definition) is 2. The van der Waals surface area contributed by atoms with Crippen LogP contribution < -0.4 is 4.72 Å². The standard InChI is InChI=1S/C13H18N4O3S/c1-9-5-4-6-12(14-9)16-21(19,20)13-10(2)15-17(7-8-18)11(13)3/h4-6,18H,7-8H2,1-3H3,(H,14,16). The third kappa shape index (κ3) is 3.22.